The summed E-state index contributed by atoms with van der Waals surface area (Å²) in [5, 5.41) is 3.05. The van der Waals surface area contributed by atoms with Gasteiger partial charge in [-0.1, -0.05) is 6.07 Å². The first-order chi connectivity index (χ1) is 11.0. The van der Waals surface area contributed by atoms with Gasteiger partial charge in [-0.05, 0) is 36.8 Å². The minimum Gasteiger partial charge on any atom is -0.493 e. The molecule has 0 saturated heterocycles. The molecule has 0 amide bonds. The van der Waals surface area contributed by atoms with Crippen molar-refractivity contribution in [2.24, 2.45) is 0 Å². The van der Waals surface area contributed by atoms with Crippen LogP contribution in [0.3, 0.4) is 0 Å². The average molecular weight is 336 g/mol. The zero-order valence-electron chi connectivity index (χ0n) is 13.4. The van der Waals surface area contributed by atoms with Crippen LogP contribution in [0.2, 0.25) is 0 Å². The fraction of sp³-hybridized carbons (Fsp3) is 0.312. The Kier molecular flexibility index (Phi) is 5.44. The molecule has 0 saturated carbocycles. The minimum atomic E-state index is -3.33. The minimum absolute atomic E-state index is 0.179. The van der Waals surface area contributed by atoms with Crippen LogP contribution in [0.1, 0.15) is 12.5 Å². The summed E-state index contributed by atoms with van der Waals surface area (Å²) in [6, 6.07) is 8.70. The number of aromatic nitrogens is 1. The van der Waals surface area contributed by atoms with Crippen LogP contribution in [0.5, 0.6) is 11.5 Å². The van der Waals surface area contributed by atoms with Gasteiger partial charge in [0.1, 0.15) is 10.7 Å². The predicted octanol–water partition coefficient (Wildman–Crippen LogP) is 2.50. The summed E-state index contributed by atoms with van der Waals surface area (Å²) in [7, 11) is -1.76. The highest BCUT2D eigenvalue weighted by atomic mass is 32.2. The van der Waals surface area contributed by atoms with Crippen molar-refractivity contribution in [3.05, 3.63) is 42.1 Å². The second-order valence-corrected chi connectivity index (χ2v) is 6.88. The summed E-state index contributed by atoms with van der Waals surface area (Å²) in [6.07, 6.45) is 2.71. The molecule has 1 aromatic carbocycles. The highest BCUT2D eigenvalue weighted by molar-refractivity contribution is 7.90. The van der Waals surface area contributed by atoms with Crippen molar-refractivity contribution >= 4 is 15.7 Å². The third-order valence-electron chi connectivity index (χ3n) is 3.16. The molecule has 0 aliphatic carbocycles. The second kappa shape index (κ2) is 7.32. The Balaban J connectivity index is 2.19. The Hall–Kier alpha value is -2.28. The van der Waals surface area contributed by atoms with Crippen molar-refractivity contribution in [1.82, 2.24) is 4.98 Å². The lowest BCUT2D eigenvalue weighted by molar-refractivity contribution is 0.310. The molecule has 0 fully saturated rings. The molecular weight excluding hydrogens is 316 g/mol. The predicted molar refractivity (Wildman–Crippen MR) is 88.8 cm³/mol. The van der Waals surface area contributed by atoms with Gasteiger partial charge >= 0.3 is 0 Å². The molecule has 0 aliphatic rings. The van der Waals surface area contributed by atoms with Crippen LogP contribution in [-0.4, -0.2) is 33.4 Å². The summed E-state index contributed by atoms with van der Waals surface area (Å²) in [4.78, 5) is 4.28. The SMILES string of the molecule is CCOc1ccc(CNc2ncccc2S(C)(=O)=O)cc1OC. The van der Waals surface area contributed by atoms with Gasteiger partial charge in [0.2, 0.25) is 0 Å². The van der Waals surface area contributed by atoms with Crippen LogP contribution < -0.4 is 14.8 Å². The Morgan fingerprint density at radius 3 is 2.65 bits per heavy atom. The van der Waals surface area contributed by atoms with E-state index in [1.54, 1.807) is 19.4 Å². The van der Waals surface area contributed by atoms with E-state index in [0.29, 0.717) is 30.5 Å². The number of sulfone groups is 1. The highest BCUT2D eigenvalue weighted by Gasteiger charge is 2.14. The zero-order valence-corrected chi connectivity index (χ0v) is 14.2. The van der Waals surface area contributed by atoms with Crippen LogP contribution in [0, 0.1) is 0 Å². The first-order valence-corrected chi connectivity index (χ1v) is 9.03. The molecular formula is C16H20N2O4S. The number of ether oxygens (including phenoxy) is 2. The van der Waals surface area contributed by atoms with Gasteiger partial charge in [0, 0.05) is 19.0 Å². The maximum absolute atomic E-state index is 11.8. The number of rotatable bonds is 7. The molecule has 0 spiro atoms. The number of anilines is 1. The average Bonchev–Trinajstić information content (AvgIpc) is 2.53. The number of pyridine rings is 1. The quantitative estimate of drug-likeness (QED) is 0.837. The van der Waals surface area contributed by atoms with Gasteiger partial charge in [-0.3, -0.25) is 0 Å². The summed E-state index contributed by atoms with van der Waals surface area (Å²) >= 11 is 0. The molecule has 1 aromatic heterocycles. The molecule has 0 radical (unpaired) electrons. The molecule has 6 nitrogen and oxygen atoms in total. The number of hydrogen-bond donors (Lipinski definition) is 1. The van der Waals surface area contributed by atoms with Crippen LogP contribution in [0.15, 0.2) is 41.4 Å². The molecule has 7 heteroatoms. The summed E-state index contributed by atoms with van der Waals surface area (Å²) < 4.78 is 34.3. The highest BCUT2D eigenvalue weighted by Crippen LogP contribution is 2.28. The van der Waals surface area contributed by atoms with E-state index in [0.717, 1.165) is 11.8 Å². The van der Waals surface area contributed by atoms with Crippen LogP contribution >= 0.6 is 0 Å². The normalized spacial score (nSPS) is 11.1. The van der Waals surface area contributed by atoms with Crippen LogP contribution in [0.4, 0.5) is 5.82 Å². The van der Waals surface area contributed by atoms with E-state index in [1.165, 1.54) is 6.07 Å². The smallest absolute Gasteiger partial charge is 0.179 e. The molecule has 0 bridgehead atoms. The topological polar surface area (TPSA) is 77.5 Å². The first kappa shape index (κ1) is 17.1. The number of hydrogen-bond acceptors (Lipinski definition) is 6. The lowest BCUT2D eigenvalue weighted by Crippen LogP contribution is -2.08. The van der Waals surface area contributed by atoms with E-state index < -0.39 is 9.84 Å². The van der Waals surface area contributed by atoms with Gasteiger partial charge < -0.3 is 14.8 Å². The Morgan fingerprint density at radius 1 is 1.22 bits per heavy atom. The molecule has 124 valence electrons. The van der Waals surface area contributed by atoms with Crippen LogP contribution in [-0.2, 0) is 16.4 Å². The van der Waals surface area contributed by atoms with Gasteiger partial charge in [0.05, 0.1) is 13.7 Å². The lowest BCUT2D eigenvalue weighted by atomic mass is 10.2. The zero-order chi connectivity index (χ0) is 16.9. The van der Waals surface area contributed by atoms with Crippen LogP contribution in [0.25, 0.3) is 0 Å². The van der Waals surface area contributed by atoms with Crippen molar-refractivity contribution in [1.29, 1.82) is 0 Å². The van der Waals surface area contributed by atoms with E-state index in [2.05, 4.69) is 10.3 Å². The van der Waals surface area contributed by atoms with Crippen molar-refractivity contribution in [2.45, 2.75) is 18.4 Å². The van der Waals surface area contributed by atoms with E-state index in [9.17, 15) is 8.42 Å². The second-order valence-electron chi connectivity index (χ2n) is 4.89. The fourth-order valence-corrected chi connectivity index (χ4v) is 2.91. The number of benzene rings is 1. The van der Waals surface area contributed by atoms with E-state index in [-0.39, 0.29) is 4.90 Å². The van der Waals surface area contributed by atoms with E-state index in [4.69, 9.17) is 9.47 Å². The van der Waals surface area contributed by atoms with Crippen molar-refractivity contribution in [3.63, 3.8) is 0 Å². The van der Waals surface area contributed by atoms with E-state index >= 15 is 0 Å². The van der Waals surface area contributed by atoms with Crippen molar-refractivity contribution < 1.29 is 17.9 Å². The van der Waals surface area contributed by atoms with Gasteiger partial charge in [0.15, 0.2) is 21.3 Å². The maximum Gasteiger partial charge on any atom is 0.179 e. The largest absolute Gasteiger partial charge is 0.493 e. The van der Waals surface area contributed by atoms with Gasteiger partial charge in [-0.25, -0.2) is 13.4 Å². The number of nitrogens with zero attached hydrogens (tertiary/aromatic N) is 1. The molecule has 23 heavy (non-hydrogen) atoms. The Bertz CT molecular complexity index is 775. The fourth-order valence-electron chi connectivity index (χ4n) is 2.11. The molecule has 2 rings (SSSR count). The third kappa shape index (κ3) is 4.35. The van der Waals surface area contributed by atoms with Crippen molar-refractivity contribution in [3.8, 4) is 11.5 Å². The van der Waals surface area contributed by atoms with Gasteiger partial charge in [0.25, 0.3) is 0 Å². The van der Waals surface area contributed by atoms with Gasteiger partial charge in [-0.2, -0.15) is 0 Å². The Labute approximate surface area is 136 Å². The van der Waals surface area contributed by atoms with E-state index in [1.807, 2.05) is 25.1 Å². The summed E-state index contributed by atoms with van der Waals surface area (Å²) in [5.74, 6) is 1.65. The monoisotopic (exact) mass is 336 g/mol. The molecule has 1 N–H and O–H groups in total. The molecule has 1 heterocycles. The Morgan fingerprint density at radius 2 is 2.00 bits per heavy atom. The van der Waals surface area contributed by atoms with Crippen molar-refractivity contribution in [2.75, 3.05) is 25.3 Å². The lowest BCUT2D eigenvalue weighted by Gasteiger charge is -2.13. The third-order valence-corrected chi connectivity index (χ3v) is 4.29. The first-order valence-electron chi connectivity index (χ1n) is 7.14. The van der Waals surface area contributed by atoms with Gasteiger partial charge in [-0.15, -0.1) is 0 Å². The molecule has 0 atom stereocenters. The summed E-state index contributed by atoms with van der Waals surface area (Å²) in [6.45, 7) is 2.88. The maximum atomic E-state index is 11.8. The molecule has 0 aliphatic heterocycles. The number of nitrogens with one attached hydrogen (secondary N) is 1. The molecule has 0 unspecified atom stereocenters. The summed E-state index contributed by atoms with van der Waals surface area (Å²) in [5.41, 5.74) is 0.926. The standard InChI is InChI=1S/C16H20N2O4S/c1-4-22-13-8-7-12(10-14(13)21-2)11-18-16-15(23(3,19)20)6-5-9-17-16/h5-10H,4,11H2,1-3H3,(H,17,18). The molecule has 2 aromatic rings. The number of methoxy groups -OCH3 is 1.